The number of aromatic amines is 1. The minimum absolute atomic E-state index is 0.0393. The number of carboxylic acids is 1. The number of H-pyrrole nitrogens is 1. The van der Waals surface area contributed by atoms with Crippen LogP contribution in [0.25, 0.3) is 11.0 Å². The summed E-state index contributed by atoms with van der Waals surface area (Å²) in [5, 5.41) is 17.2. The van der Waals surface area contributed by atoms with E-state index in [1.54, 1.807) is 18.2 Å². The first kappa shape index (κ1) is 22.5. The Morgan fingerprint density at radius 3 is 2.58 bits per heavy atom. The molecule has 4 aromatic rings. The lowest BCUT2D eigenvalue weighted by Crippen LogP contribution is -2.26. The fourth-order valence-corrected chi connectivity index (χ4v) is 3.67. The van der Waals surface area contributed by atoms with Crippen LogP contribution < -0.4 is 20.7 Å². The third-order valence-corrected chi connectivity index (χ3v) is 5.45. The number of anilines is 2. The number of nitrogens with zero attached hydrogens (tertiary/aromatic N) is 2. The zero-order chi connectivity index (χ0) is 25.2. The molecule has 0 radical (unpaired) electrons. The topological polar surface area (TPSA) is 175 Å². The van der Waals surface area contributed by atoms with Crippen molar-refractivity contribution in [1.82, 2.24) is 20.3 Å². The van der Waals surface area contributed by atoms with Crippen molar-refractivity contribution in [2.45, 2.75) is 6.54 Å². The van der Waals surface area contributed by atoms with Gasteiger partial charge in [0.05, 0.1) is 22.5 Å². The number of fused-ring (bicyclic) bond motifs is 2. The van der Waals surface area contributed by atoms with Crippen molar-refractivity contribution in [3.05, 3.63) is 77.4 Å². The molecule has 0 saturated carbocycles. The molecule has 3 heterocycles. The van der Waals surface area contributed by atoms with Crippen molar-refractivity contribution < 1.29 is 29.0 Å². The number of benzene rings is 2. The van der Waals surface area contributed by atoms with E-state index in [9.17, 15) is 19.2 Å². The number of carbonyl (C=O) groups excluding carboxylic acids is 3. The Labute approximate surface area is 202 Å². The first-order chi connectivity index (χ1) is 17.4. The molecule has 0 bridgehead atoms. The van der Waals surface area contributed by atoms with Gasteiger partial charge in [0.15, 0.2) is 12.3 Å². The molecule has 180 valence electrons. The van der Waals surface area contributed by atoms with Gasteiger partial charge >= 0.3 is 5.97 Å². The van der Waals surface area contributed by atoms with Crippen molar-refractivity contribution in [3.8, 4) is 5.75 Å². The number of carbonyl (C=O) groups is 4. The van der Waals surface area contributed by atoms with E-state index in [0.29, 0.717) is 28.2 Å². The average molecular weight is 486 g/mol. The maximum atomic E-state index is 12.9. The normalized spacial score (nSPS) is 12.3. The Morgan fingerprint density at radius 1 is 1.03 bits per heavy atom. The highest BCUT2D eigenvalue weighted by Crippen LogP contribution is 2.28. The molecule has 2 aromatic carbocycles. The number of amides is 3. The lowest BCUT2D eigenvalue weighted by Gasteiger charge is -2.18. The lowest BCUT2D eigenvalue weighted by molar-refractivity contribution is -0.118. The van der Waals surface area contributed by atoms with Crippen LogP contribution in [0.5, 0.6) is 5.75 Å². The second-order valence-electron chi connectivity index (χ2n) is 7.83. The summed E-state index contributed by atoms with van der Waals surface area (Å²) >= 11 is 0. The molecule has 1 aliphatic rings. The molecule has 2 aromatic heterocycles. The van der Waals surface area contributed by atoms with Gasteiger partial charge in [-0.3, -0.25) is 14.4 Å². The summed E-state index contributed by atoms with van der Waals surface area (Å²) in [6.07, 6.45) is 2.71. The van der Waals surface area contributed by atoms with Crippen molar-refractivity contribution in [3.63, 3.8) is 0 Å². The van der Waals surface area contributed by atoms with Crippen molar-refractivity contribution in [2.75, 3.05) is 17.2 Å². The minimum atomic E-state index is -1.09. The number of rotatable bonds is 6. The van der Waals surface area contributed by atoms with E-state index in [1.165, 1.54) is 36.8 Å². The first-order valence-electron chi connectivity index (χ1n) is 10.7. The zero-order valence-corrected chi connectivity index (χ0v) is 18.5. The molecule has 12 heteroatoms. The maximum Gasteiger partial charge on any atom is 0.335 e. The third kappa shape index (κ3) is 4.42. The largest absolute Gasteiger partial charge is 0.482 e. The van der Waals surface area contributed by atoms with Crippen LogP contribution in [0.4, 0.5) is 11.4 Å². The first-order valence-corrected chi connectivity index (χ1v) is 10.7. The molecular formula is C24H18N6O6. The van der Waals surface area contributed by atoms with Crippen LogP contribution in [0.15, 0.2) is 55.0 Å². The number of carboxylic acid groups (broad SMARTS) is 1. The van der Waals surface area contributed by atoms with E-state index in [2.05, 4.69) is 30.9 Å². The molecule has 0 saturated heterocycles. The van der Waals surface area contributed by atoms with Gasteiger partial charge in [-0.25, -0.2) is 14.8 Å². The van der Waals surface area contributed by atoms with Crippen LogP contribution in [0, 0.1) is 0 Å². The number of nitrogens with one attached hydrogen (secondary N) is 4. The number of aromatic carboxylic acids is 1. The van der Waals surface area contributed by atoms with Gasteiger partial charge in [-0.15, -0.1) is 0 Å². The Morgan fingerprint density at radius 2 is 1.81 bits per heavy atom. The molecule has 3 amide bonds. The number of hydrogen-bond donors (Lipinski definition) is 5. The Kier molecular flexibility index (Phi) is 5.74. The van der Waals surface area contributed by atoms with Crippen molar-refractivity contribution in [2.24, 2.45) is 0 Å². The number of hydrogen-bond acceptors (Lipinski definition) is 7. The van der Waals surface area contributed by atoms with E-state index in [4.69, 9.17) is 9.84 Å². The summed E-state index contributed by atoms with van der Waals surface area (Å²) in [7, 11) is 0. The standard InChI is InChI=1S/C24H18N6O6/c31-18-10-36-17-6-1-12(7-15(17)29-18)8-26-23(33)21-20-19(27-11-28-21)16(9-25-20)30-22(32)13-2-4-14(5-3-13)24(34)35/h1-7,9,11,25H,8,10H2,(H,26,33)(H,29,31)(H,30,32)(H,34,35). The smallest absolute Gasteiger partial charge is 0.335 e. The summed E-state index contributed by atoms with van der Waals surface area (Å²) < 4.78 is 5.33. The van der Waals surface area contributed by atoms with E-state index < -0.39 is 17.8 Å². The van der Waals surface area contributed by atoms with E-state index in [1.807, 2.05) is 0 Å². The Hall–Kier alpha value is -5.26. The van der Waals surface area contributed by atoms with E-state index in [0.717, 1.165) is 5.56 Å². The molecule has 0 aliphatic carbocycles. The summed E-state index contributed by atoms with van der Waals surface area (Å²) in [6, 6.07) is 10.7. The van der Waals surface area contributed by atoms with Gasteiger partial charge in [-0.2, -0.15) is 0 Å². The predicted octanol–water partition coefficient (Wildman–Crippen LogP) is 2.17. The molecule has 0 fully saturated rings. The fraction of sp³-hybridized carbons (Fsp3) is 0.0833. The summed E-state index contributed by atoms with van der Waals surface area (Å²) in [6.45, 7) is 0.131. The van der Waals surface area contributed by atoms with E-state index in [-0.39, 0.29) is 35.9 Å². The molecule has 0 spiro atoms. The van der Waals surface area contributed by atoms with Gasteiger partial charge in [-0.05, 0) is 42.0 Å². The van der Waals surface area contributed by atoms with Crippen molar-refractivity contribution >= 4 is 46.1 Å². The SMILES string of the molecule is O=C1COc2ccc(CNC(=O)c3ncnc4c(NC(=O)c5ccc(C(=O)O)cc5)c[nH]c34)cc2N1. The van der Waals surface area contributed by atoms with Gasteiger partial charge in [-0.1, -0.05) is 6.07 Å². The number of aromatic nitrogens is 3. The molecule has 5 N–H and O–H groups in total. The summed E-state index contributed by atoms with van der Waals surface area (Å²) in [5.74, 6) is -1.72. The maximum absolute atomic E-state index is 12.9. The van der Waals surface area contributed by atoms with Crippen LogP contribution in [0.3, 0.4) is 0 Å². The summed E-state index contributed by atoms with van der Waals surface area (Å²) in [5.41, 5.74) is 2.68. The fourth-order valence-electron chi connectivity index (χ4n) is 3.67. The highest BCUT2D eigenvalue weighted by atomic mass is 16.5. The van der Waals surface area contributed by atoms with E-state index >= 15 is 0 Å². The third-order valence-electron chi connectivity index (χ3n) is 5.45. The van der Waals surface area contributed by atoms with Gasteiger partial charge < -0.3 is 30.8 Å². The molecule has 0 atom stereocenters. The molecule has 1 aliphatic heterocycles. The van der Waals surface area contributed by atoms with Crippen molar-refractivity contribution in [1.29, 1.82) is 0 Å². The second-order valence-corrected chi connectivity index (χ2v) is 7.83. The molecule has 0 unspecified atom stereocenters. The summed E-state index contributed by atoms with van der Waals surface area (Å²) in [4.78, 5) is 59.2. The average Bonchev–Trinajstić information content (AvgIpc) is 3.29. The van der Waals surface area contributed by atoms with Crippen LogP contribution in [0.1, 0.15) is 36.8 Å². The Balaban J connectivity index is 1.30. The van der Waals surface area contributed by atoms with Gasteiger partial charge in [0, 0.05) is 18.3 Å². The minimum Gasteiger partial charge on any atom is -0.482 e. The lowest BCUT2D eigenvalue weighted by atomic mass is 10.1. The van der Waals surface area contributed by atoms with Crippen LogP contribution in [-0.2, 0) is 11.3 Å². The van der Waals surface area contributed by atoms with Gasteiger partial charge in [0.2, 0.25) is 0 Å². The Bertz CT molecular complexity index is 1530. The number of ether oxygens (including phenoxy) is 1. The monoisotopic (exact) mass is 486 g/mol. The zero-order valence-electron chi connectivity index (χ0n) is 18.5. The predicted molar refractivity (Wildman–Crippen MR) is 127 cm³/mol. The van der Waals surface area contributed by atoms with Crippen LogP contribution >= 0.6 is 0 Å². The molecule has 12 nitrogen and oxygen atoms in total. The highest BCUT2D eigenvalue weighted by molar-refractivity contribution is 6.11. The highest BCUT2D eigenvalue weighted by Gasteiger charge is 2.19. The van der Waals surface area contributed by atoms with Gasteiger partial charge in [0.1, 0.15) is 17.6 Å². The molecular weight excluding hydrogens is 468 g/mol. The van der Waals surface area contributed by atoms with Crippen LogP contribution in [-0.4, -0.2) is 50.4 Å². The van der Waals surface area contributed by atoms with Gasteiger partial charge in [0.25, 0.3) is 17.7 Å². The second kappa shape index (κ2) is 9.18. The van der Waals surface area contributed by atoms with Crippen LogP contribution in [0.2, 0.25) is 0 Å². The molecule has 36 heavy (non-hydrogen) atoms. The quantitative estimate of drug-likeness (QED) is 0.275. The molecule has 5 rings (SSSR count).